The largest absolute Gasteiger partial charge is 0.463 e. The van der Waals surface area contributed by atoms with Gasteiger partial charge in [-0.05, 0) is 6.92 Å². The topological polar surface area (TPSA) is 88.1 Å². The van der Waals surface area contributed by atoms with E-state index in [-0.39, 0.29) is 24.2 Å². The maximum absolute atomic E-state index is 12.2. The number of ether oxygens (including phenoxy) is 1. The monoisotopic (exact) mass is 306 g/mol. The van der Waals surface area contributed by atoms with Crippen molar-refractivity contribution in [1.29, 1.82) is 0 Å². The number of aryl methyl sites for hydroxylation is 2. The average molecular weight is 306 g/mol. The highest BCUT2D eigenvalue weighted by Crippen LogP contribution is 2.12. The lowest BCUT2D eigenvalue weighted by Crippen LogP contribution is -2.37. The van der Waals surface area contributed by atoms with Crippen LogP contribution in [0, 0.1) is 0 Å². The molecule has 0 aromatic carbocycles. The quantitative estimate of drug-likeness (QED) is 0.568. The van der Waals surface area contributed by atoms with Crippen LogP contribution in [0.4, 0.5) is 0 Å². The van der Waals surface area contributed by atoms with Crippen LogP contribution < -0.4 is 11.2 Å². The first-order chi connectivity index (χ1) is 10.3. The minimum Gasteiger partial charge on any atom is -0.463 e. The van der Waals surface area contributed by atoms with Crippen LogP contribution in [0.2, 0.25) is 0 Å². The van der Waals surface area contributed by atoms with E-state index in [1.54, 1.807) is 25.6 Å². The van der Waals surface area contributed by atoms with E-state index in [0.717, 1.165) is 4.57 Å². The molecule has 118 valence electrons. The van der Waals surface area contributed by atoms with Crippen LogP contribution in [0.3, 0.4) is 0 Å². The zero-order chi connectivity index (χ0) is 16.6. The van der Waals surface area contributed by atoms with E-state index < -0.39 is 17.2 Å². The lowest BCUT2D eigenvalue weighted by atomic mass is 10.2. The molecule has 8 heteroatoms. The van der Waals surface area contributed by atoms with Gasteiger partial charge in [0.25, 0.3) is 5.56 Å². The highest BCUT2D eigenvalue weighted by atomic mass is 16.5. The number of hydrogen-bond donors (Lipinski definition) is 0. The number of fused-ring (bicyclic) bond motifs is 1. The van der Waals surface area contributed by atoms with Crippen molar-refractivity contribution < 1.29 is 9.53 Å². The molecule has 0 unspecified atom stereocenters. The molecular weight excluding hydrogens is 288 g/mol. The van der Waals surface area contributed by atoms with Crippen molar-refractivity contribution in [3.63, 3.8) is 0 Å². The summed E-state index contributed by atoms with van der Waals surface area (Å²) in [4.78, 5) is 40.1. The minimum atomic E-state index is -0.503. The van der Waals surface area contributed by atoms with Gasteiger partial charge in [0.05, 0.1) is 6.61 Å². The number of imidazole rings is 1. The Kier molecular flexibility index (Phi) is 4.03. The molecule has 0 atom stereocenters. The Morgan fingerprint density at radius 3 is 2.41 bits per heavy atom. The van der Waals surface area contributed by atoms with Crippen molar-refractivity contribution in [1.82, 2.24) is 18.7 Å². The second-order valence-electron chi connectivity index (χ2n) is 4.97. The van der Waals surface area contributed by atoms with Crippen molar-refractivity contribution in [2.45, 2.75) is 13.3 Å². The first kappa shape index (κ1) is 15.7. The second-order valence-corrected chi connectivity index (χ2v) is 4.97. The number of aromatic nitrogens is 4. The van der Waals surface area contributed by atoms with Crippen LogP contribution in [0.5, 0.6) is 0 Å². The lowest BCUT2D eigenvalue weighted by molar-refractivity contribution is -0.138. The molecule has 0 saturated heterocycles. The Hall–Kier alpha value is -2.64. The fourth-order valence-corrected chi connectivity index (χ4v) is 2.22. The van der Waals surface area contributed by atoms with Gasteiger partial charge in [0, 0.05) is 33.1 Å². The lowest BCUT2D eigenvalue weighted by Gasteiger charge is -2.05. The highest BCUT2D eigenvalue weighted by molar-refractivity contribution is 5.88. The van der Waals surface area contributed by atoms with Crippen LogP contribution in [0.15, 0.2) is 21.7 Å². The van der Waals surface area contributed by atoms with Gasteiger partial charge in [0.15, 0.2) is 11.2 Å². The molecule has 0 radical (unpaired) electrons. The van der Waals surface area contributed by atoms with E-state index >= 15 is 0 Å². The second kappa shape index (κ2) is 5.63. The van der Waals surface area contributed by atoms with Gasteiger partial charge in [0.1, 0.15) is 5.82 Å². The standard InChI is InChI=1S/C14H18N4O4/c1-6-22-13(20)8(2)7-9-15-11-10(16(9)3)12(19)18(5)14(21)17(11)4/h2,6-7H2,1,3-5H3. The molecule has 2 aromatic rings. The number of rotatable bonds is 4. The van der Waals surface area contributed by atoms with Gasteiger partial charge in [0.2, 0.25) is 0 Å². The van der Waals surface area contributed by atoms with Gasteiger partial charge < -0.3 is 9.30 Å². The predicted octanol–water partition coefficient (Wildman–Crippen LogP) is -0.367. The summed E-state index contributed by atoms with van der Waals surface area (Å²) in [6.07, 6.45) is 0.140. The number of esters is 1. The molecule has 0 saturated carbocycles. The van der Waals surface area contributed by atoms with Crippen molar-refractivity contribution >= 4 is 17.1 Å². The van der Waals surface area contributed by atoms with Gasteiger partial charge in [-0.2, -0.15) is 0 Å². The first-order valence-corrected chi connectivity index (χ1v) is 6.75. The van der Waals surface area contributed by atoms with Gasteiger partial charge in [-0.15, -0.1) is 0 Å². The zero-order valence-corrected chi connectivity index (χ0v) is 13.0. The van der Waals surface area contributed by atoms with E-state index in [1.165, 1.54) is 11.6 Å². The van der Waals surface area contributed by atoms with Gasteiger partial charge in [-0.1, -0.05) is 6.58 Å². The highest BCUT2D eigenvalue weighted by Gasteiger charge is 2.19. The maximum atomic E-state index is 12.2. The summed E-state index contributed by atoms with van der Waals surface area (Å²) in [5.74, 6) is -0.0392. The molecular formula is C14H18N4O4. The van der Waals surface area contributed by atoms with Crippen LogP contribution in [0.25, 0.3) is 11.2 Å². The van der Waals surface area contributed by atoms with Crippen LogP contribution in [-0.4, -0.2) is 31.3 Å². The molecule has 0 aliphatic rings. The van der Waals surface area contributed by atoms with Crippen LogP contribution in [0.1, 0.15) is 12.7 Å². The first-order valence-electron chi connectivity index (χ1n) is 6.75. The predicted molar refractivity (Wildman–Crippen MR) is 80.7 cm³/mol. The van der Waals surface area contributed by atoms with Crippen molar-refractivity contribution in [2.75, 3.05) is 6.61 Å². The van der Waals surface area contributed by atoms with E-state index in [0.29, 0.717) is 11.3 Å². The summed E-state index contributed by atoms with van der Waals surface area (Å²) >= 11 is 0. The summed E-state index contributed by atoms with van der Waals surface area (Å²) in [5, 5.41) is 0. The third-order valence-corrected chi connectivity index (χ3v) is 3.50. The van der Waals surface area contributed by atoms with Crippen molar-refractivity contribution in [3.05, 3.63) is 38.8 Å². The molecule has 0 amide bonds. The van der Waals surface area contributed by atoms with Gasteiger partial charge in [-0.3, -0.25) is 13.9 Å². The Morgan fingerprint density at radius 1 is 1.18 bits per heavy atom. The van der Waals surface area contributed by atoms with Gasteiger partial charge >= 0.3 is 11.7 Å². The molecule has 0 fully saturated rings. The number of carbonyl (C=O) groups excluding carboxylic acids is 1. The minimum absolute atomic E-state index is 0.140. The molecule has 22 heavy (non-hydrogen) atoms. The van der Waals surface area contributed by atoms with Crippen LogP contribution in [-0.2, 0) is 37.1 Å². The van der Waals surface area contributed by atoms with Gasteiger partial charge in [-0.25, -0.2) is 14.6 Å². The third-order valence-electron chi connectivity index (χ3n) is 3.50. The Balaban J connectivity index is 2.57. The van der Waals surface area contributed by atoms with E-state index in [1.807, 2.05) is 0 Å². The number of carbonyl (C=O) groups is 1. The number of nitrogens with zero attached hydrogens (tertiary/aromatic N) is 4. The van der Waals surface area contributed by atoms with E-state index in [4.69, 9.17) is 4.74 Å². The normalized spacial score (nSPS) is 10.9. The molecule has 2 rings (SSSR count). The summed E-state index contributed by atoms with van der Waals surface area (Å²) in [5.41, 5.74) is -0.0620. The molecule has 0 N–H and O–H groups in total. The molecule has 0 spiro atoms. The third kappa shape index (κ3) is 2.36. The molecule has 2 aromatic heterocycles. The Morgan fingerprint density at radius 2 is 1.82 bits per heavy atom. The van der Waals surface area contributed by atoms with Crippen molar-refractivity contribution in [2.24, 2.45) is 21.1 Å². The smallest absolute Gasteiger partial charge is 0.333 e. The van der Waals surface area contributed by atoms with E-state index in [2.05, 4.69) is 11.6 Å². The number of hydrogen-bond acceptors (Lipinski definition) is 5. The zero-order valence-electron chi connectivity index (χ0n) is 13.0. The maximum Gasteiger partial charge on any atom is 0.333 e. The Labute approximate surface area is 126 Å². The molecule has 0 bridgehead atoms. The van der Waals surface area contributed by atoms with E-state index in [9.17, 15) is 14.4 Å². The fourth-order valence-electron chi connectivity index (χ4n) is 2.22. The summed E-state index contributed by atoms with van der Waals surface area (Å²) in [7, 11) is 4.62. The van der Waals surface area contributed by atoms with Crippen molar-refractivity contribution in [3.8, 4) is 0 Å². The SMILES string of the molecule is C=C(Cc1nc2c(c(=O)n(C)c(=O)n2C)n1C)C(=O)OCC. The van der Waals surface area contributed by atoms with Crippen LogP contribution >= 0.6 is 0 Å². The summed E-state index contributed by atoms with van der Waals surface area (Å²) in [6, 6.07) is 0. The summed E-state index contributed by atoms with van der Waals surface area (Å²) < 4.78 is 8.77. The average Bonchev–Trinajstić information content (AvgIpc) is 2.80. The molecule has 0 aliphatic carbocycles. The fraction of sp³-hybridized carbons (Fsp3) is 0.429. The summed E-state index contributed by atoms with van der Waals surface area (Å²) in [6.45, 7) is 5.65. The Bertz CT molecular complexity index is 885. The molecule has 2 heterocycles. The molecule has 0 aliphatic heterocycles. The molecule has 8 nitrogen and oxygen atoms in total.